The molecule has 2 unspecified atom stereocenters. The van der Waals surface area contributed by atoms with Gasteiger partial charge in [0.05, 0.1) is 6.04 Å². The summed E-state index contributed by atoms with van der Waals surface area (Å²) in [5.41, 5.74) is 7.73. The lowest BCUT2D eigenvalue weighted by Gasteiger charge is -2.34. The van der Waals surface area contributed by atoms with Gasteiger partial charge in [-0.3, -0.25) is 9.88 Å². The van der Waals surface area contributed by atoms with Crippen LogP contribution in [-0.4, -0.2) is 22.5 Å². The highest BCUT2D eigenvalue weighted by Gasteiger charge is 2.26. The molecule has 2 N–H and O–H groups in total. The topological polar surface area (TPSA) is 42.1 Å². The predicted octanol–water partition coefficient (Wildman–Crippen LogP) is 3.75. The lowest BCUT2D eigenvalue weighted by molar-refractivity contribution is 0.172. The van der Waals surface area contributed by atoms with Crippen LogP contribution in [-0.2, 0) is 6.54 Å². The Kier molecular flexibility index (Phi) is 5.91. The number of nitrogens with two attached hydrogens (primary N) is 1. The first-order chi connectivity index (χ1) is 10.2. The van der Waals surface area contributed by atoms with Crippen LogP contribution >= 0.6 is 11.3 Å². The standard InChI is InChI=1S/C17H25N3S/c1-4-15(18)17(16-7-6-13(3)21-16)20(5-2)12-14-8-10-19-11-9-14/h6-11,15,17H,4-5,12,18H2,1-3H3. The molecule has 0 saturated carbocycles. The minimum absolute atomic E-state index is 0.157. The molecule has 21 heavy (non-hydrogen) atoms. The highest BCUT2D eigenvalue weighted by atomic mass is 32.1. The molecular weight excluding hydrogens is 278 g/mol. The lowest BCUT2D eigenvalue weighted by atomic mass is 10.0. The summed E-state index contributed by atoms with van der Waals surface area (Å²) in [5.74, 6) is 0. The molecule has 2 aromatic heterocycles. The summed E-state index contributed by atoms with van der Waals surface area (Å²) >= 11 is 1.86. The van der Waals surface area contributed by atoms with E-state index in [4.69, 9.17) is 5.73 Å². The van der Waals surface area contributed by atoms with Crippen molar-refractivity contribution in [3.8, 4) is 0 Å². The molecule has 0 saturated heterocycles. The summed E-state index contributed by atoms with van der Waals surface area (Å²) in [6.07, 6.45) is 4.69. The van der Waals surface area contributed by atoms with Gasteiger partial charge in [-0.2, -0.15) is 0 Å². The van der Waals surface area contributed by atoms with Crippen molar-refractivity contribution < 1.29 is 0 Å². The largest absolute Gasteiger partial charge is 0.326 e. The molecule has 114 valence electrons. The van der Waals surface area contributed by atoms with E-state index in [1.165, 1.54) is 15.3 Å². The lowest BCUT2D eigenvalue weighted by Crippen LogP contribution is -2.40. The summed E-state index contributed by atoms with van der Waals surface area (Å²) in [4.78, 5) is 9.28. The van der Waals surface area contributed by atoms with E-state index in [1.54, 1.807) is 0 Å². The van der Waals surface area contributed by atoms with Crippen LogP contribution in [0.15, 0.2) is 36.7 Å². The summed E-state index contributed by atoms with van der Waals surface area (Å²) in [6, 6.07) is 9.02. The molecule has 0 radical (unpaired) electrons. The van der Waals surface area contributed by atoms with Crippen molar-refractivity contribution in [3.63, 3.8) is 0 Å². The molecule has 4 heteroatoms. The highest BCUT2D eigenvalue weighted by Crippen LogP contribution is 2.31. The van der Waals surface area contributed by atoms with Gasteiger partial charge in [0.1, 0.15) is 0 Å². The molecule has 2 rings (SSSR count). The molecule has 0 bridgehead atoms. The van der Waals surface area contributed by atoms with Gasteiger partial charge in [-0.05, 0) is 49.7 Å². The van der Waals surface area contributed by atoms with Gasteiger partial charge >= 0.3 is 0 Å². The second kappa shape index (κ2) is 7.69. The monoisotopic (exact) mass is 303 g/mol. The van der Waals surface area contributed by atoms with E-state index in [0.717, 1.165) is 19.5 Å². The summed E-state index contributed by atoms with van der Waals surface area (Å²) < 4.78 is 0. The number of likely N-dealkylation sites (N-methyl/N-ethyl adjacent to an activating group) is 1. The van der Waals surface area contributed by atoms with Crippen LogP contribution in [0.3, 0.4) is 0 Å². The first-order valence-corrected chi connectivity index (χ1v) is 8.42. The smallest absolute Gasteiger partial charge is 0.0596 e. The minimum atomic E-state index is 0.157. The summed E-state index contributed by atoms with van der Waals surface area (Å²) in [7, 11) is 0. The van der Waals surface area contributed by atoms with E-state index < -0.39 is 0 Å². The van der Waals surface area contributed by atoms with Crippen molar-refractivity contribution in [2.24, 2.45) is 5.73 Å². The average Bonchev–Trinajstić information content (AvgIpc) is 2.93. The number of hydrogen-bond donors (Lipinski definition) is 1. The molecule has 0 aliphatic heterocycles. The molecule has 0 aromatic carbocycles. The normalized spacial score (nSPS) is 14.3. The van der Waals surface area contributed by atoms with Gasteiger partial charge in [-0.25, -0.2) is 0 Å². The molecule has 0 amide bonds. The number of rotatable bonds is 7. The molecular formula is C17H25N3S. The molecule has 2 aromatic rings. The minimum Gasteiger partial charge on any atom is -0.326 e. The third kappa shape index (κ3) is 4.13. The number of aryl methyl sites for hydroxylation is 1. The summed E-state index contributed by atoms with van der Waals surface area (Å²) in [5, 5.41) is 0. The van der Waals surface area contributed by atoms with Crippen LogP contribution < -0.4 is 5.73 Å². The van der Waals surface area contributed by atoms with E-state index in [-0.39, 0.29) is 12.1 Å². The van der Waals surface area contributed by atoms with Gasteiger partial charge in [0.15, 0.2) is 0 Å². The first kappa shape index (κ1) is 16.1. The third-order valence-electron chi connectivity index (χ3n) is 3.86. The number of hydrogen-bond acceptors (Lipinski definition) is 4. The van der Waals surface area contributed by atoms with Crippen molar-refractivity contribution in [3.05, 3.63) is 52.0 Å². The van der Waals surface area contributed by atoms with E-state index in [2.05, 4.69) is 54.9 Å². The van der Waals surface area contributed by atoms with Crippen LogP contribution in [0.4, 0.5) is 0 Å². The average molecular weight is 303 g/mol. The number of pyridine rings is 1. The second-order valence-corrected chi connectivity index (χ2v) is 6.70. The van der Waals surface area contributed by atoms with Crippen LogP contribution in [0.2, 0.25) is 0 Å². The van der Waals surface area contributed by atoms with Gasteiger partial charge in [0.25, 0.3) is 0 Å². The SMILES string of the molecule is CCC(N)C(c1ccc(C)s1)N(CC)Cc1ccncc1. The number of nitrogens with zero attached hydrogens (tertiary/aromatic N) is 2. The molecule has 2 heterocycles. The molecule has 3 nitrogen and oxygen atoms in total. The Morgan fingerprint density at radius 1 is 1.19 bits per heavy atom. The Labute approximate surface area is 131 Å². The van der Waals surface area contributed by atoms with E-state index >= 15 is 0 Å². The Bertz CT molecular complexity index is 538. The maximum Gasteiger partial charge on any atom is 0.0596 e. The maximum absolute atomic E-state index is 6.44. The first-order valence-electron chi connectivity index (χ1n) is 7.60. The summed E-state index contributed by atoms with van der Waals surface area (Å²) in [6.45, 7) is 8.42. The second-order valence-electron chi connectivity index (χ2n) is 5.38. The zero-order chi connectivity index (χ0) is 15.2. The van der Waals surface area contributed by atoms with E-state index in [1.807, 2.05) is 23.7 Å². The van der Waals surface area contributed by atoms with Crippen molar-refractivity contribution >= 4 is 11.3 Å². The van der Waals surface area contributed by atoms with Gasteiger partial charge in [-0.1, -0.05) is 13.8 Å². The molecule has 0 aliphatic carbocycles. The van der Waals surface area contributed by atoms with Crippen molar-refractivity contribution in [2.45, 2.75) is 45.8 Å². The number of aromatic nitrogens is 1. The van der Waals surface area contributed by atoms with Gasteiger partial charge < -0.3 is 5.73 Å². The quantitative estimate of drug-likeness (QED) is 0.847. The Balaban J connectivity index is 2.25. The molecule has 0 spiro atoms. The van der Waals surface area contributed by atoms with Gasteiger partial charge in [-0.15, -0.1) is 11.3 Å². The fourth-order valence-corrected chi connectivity index (χ4v) is 3.72. The highest BCUT2D eigenvalue weighted by molar-refractivity contribution is 7.12. The zero-order valence-corrected chi connectivity index (χ0v) is 13.9. The zero-order valence-electron chi connectivity index (χ0n) is 13.1. The van der Waals surface area contributed by atoms with Crippen LogP contribution in [0.5, 0.6) is 0 Å². The van der Waals surface area contributed by atoms with E-state index in [9.17, 15) is 0 Å². The Hall–Kier alpha value is -1.23. The van der Waals surface area contributed by atoms with Gasteiger partial charge in [0, 0.05) is 34.7 Å². The van der Waals surface area contributed by atoms with Crippen molar-refractivity contribution in [1.82, 2.24) is 9.88 Å². The van der Waals surface area contributed by atoms with E-state index in [0.29, 0.717) is 0 Å². The van der Waals surface area contributed by atoms with Crippen molar-refractivity contribution in [2.75, 3.05) is 6.54 Å². The Morgan fingerprint density at radius 3 is 2.43 bits per heavy atom. The third-order valence-corrected chi connectivity index (χ3v) is 4.94. The fraction of sp³-hybridized carbons (Fsp3) is 0.471. The maximum atomic E-state index is 6.44. The van der Waals surface area contributed by atoms with Crippen LogP contribution in [0, 0.1) is 6.92 Å². The fourth-order valence-electron chi connectivity index (χ4n) is 2.63. The molecule has 0 fully saturated rings. The predicted molar refractivity (Wildman–Crippen MR) is 90.4 cm³/mol. The van der Waals surface area contributed by atoms with Crippen LogP contribution in [0.1, 0.15) is 41.6 Å². The van der Waals surface area contributed by atoms with Crippen LogP contribution in [0.25, 0.3) is 0 Å². The molecule has 2 atom stereocenters. The van der Waals surface area contributed by atoms with Gasteiger partial charge in [0.2, 0.25) is 0 Å². The van der Waals surface area contributed by atoms with Crippen molar-refractivity contribution in [1.29, 1.82) is 0 Å². The number of thiophene rings is 1. The molecule has 0 aliphatic rings. The Morgan fingerprint density at radius 2 is 1.90 bits per heavy atom.